The molecule has 0 heterocycles. The maximum atomic E-state index is 10.2. The first kappa shape index (κ1) is 19.4. The Morgan fingerprint density at radius 1 is 0.640 bits per heavy atom. The Morgan fingerprint density at radius 3 is 1.48 bits per heavy atom. The lowest BCUT2D eigenvalue weighted by Crippen LogP contribution is -1.95. The second kappa shape index (κ2) is 10.1. The Bertz CT molecular complexity index is 604. The largest absolute Gasteiger partial charge is 0.508 e. The van der Waals surface area contributed by atoms with Gasteiger partial charge in [-0.2, -0.15) is 0 Å². The molecular weight excluding hydrogens is 308 g/mol. The van der Waals surface area contributed by atoms with Crippen LogP contribution in [0.15, 0.2) is 36.4 Å². The highest BCUT2D eigenvalue weighted by atomic mass is 16.3. The molecule has 0 aromatic heterocycles. The lowest BCUT2D eigenvalue weighted by molar-refractivity contribution is 0.462. The number of phenols is 2. The lowest BCUT2D eigenvalue weighted by atomic mass is 9.96. The van der Waals surface area contributed by atoms with Gasteiger partial charge in [-0.15, -0.1) is 0 Å². The van der Waals surface area contributed by atoms with Crippen molar-refractivity contribution < 1.29 is 10.2 Å². The van der Waals surface area contributed by atoms with Gasteiger partial charge in [0.05, 0.1) is 0 Å². The van der Waals surface area contributed by atoms with E-state index in [4.69, 9.17) is 0 Å². The predicted molar refractivity (Wildman–Crippen MR) is 105 cm³/mol. The third-order valence-corrected chi connectivity index (χ3v) is 4.81. The van der Waals surface area contributed by atoms with Crippen LogP contribution in [0.4, 0.5) is 0 Å². The van der Waals surface area contributed by atoms with E-state index in [0.29, 0.717) is 17.9 Å². The van der Waals surface area contributed by atoms with Crippen molar-refractivity contribution in [2.45, 2.75) is 71.6 Å². The van der Waals surface area contributed by atoms with Crippen LogP contribution in [0.25, 0.3) is 0 Å². The number of rotatable bonds is 10. The van der Waals surface area contributed by atoms with Crippen molar-refractivity contribution in [3.8, 4) is 11.5 Å². The first-order valence-electron chi connectivity index (χ1n) is 9.75. The number of hydrogen-bond acceptors (Lipinski definition) is 2. The van der Waals surface area contributed by atoms with Gasteiger partial charge in [-0.1, -0.05) is 63.8 Å². The maximum absolute atomic E-state index is 10.2. The second-order valence-electron chi connectivity index (χ2n) is 7.02. The van der Waals surface area contributed by atoms with Gasteiger partial charge >= 0.3 is 0 Å². The van der Waals surface area contributed by atoms with Gasteiger partial charge in [-0.3, -0.25) is 0 Å². The van der Waals surface area contributed by atoms with E-state index in [2.05, 4.69) is 26.0 Å². The molecule has 0 aliphatic carbocycles. The molecule has 25 heavy (non-hydrogen) atoms. The molecule has 2 aromatic rings. The minimum atomic E-state index is 0.315. The van der Waals surface area contributed by atoms with E-state index in [0.717, 1.165) is 24.0 Å². The van der Waals surface area contributed by atoms with Gasteiger partial charge in [0.15, 0.2) is 0 Å². The molecule has 136 valence electrons. The minimum Gasteiger partial charge on any atom is -0.508 e. The Labute approximate surface area is 152 Å². The molecule has 0 aliphatic rings. The lowest BCUT2D eigenvalue weighted by Gasteiger charge is -2.11. The van der Waals surface area contributed by atoms with Gasteiger partial charge in [0.25, 0.3) is 0 Å². The highest BCUT2D eigenvalue weighted by Gasteiger charge is 2.09. The zero-order chi connectivity index (χ0) is 18.1. The van der Waals surface area contributed by atoms with Gasteiger partial charge < -0.3 is 10.2 Å². The summed E-state index contributed by atoms with van der Waals surface area (Å²) < 4.78 is 0. The SMILES string of the molecule is CCCCCc1ccc(O)c(Cc2cc(CCCCC)ccc2O)c1. The summed E-state index contributed by atoms with van der Waals surface area (Å²) in [6, 6.07) is 11.8. The monoisotopic (exact) mass is 340 g/mol. The van der Waals surface area contributed by atoms with E-state index in [1.54, 1.807) is 12.1 Å². The van der Waals surface area contributed by atoms with Gasteiger partial charge in [-0.05, 0) is 60.1 Å². The topological polar surface area (TPSA) is 40.5 Å². The molecule has 2 heteroatoms. The predicted octanol–water partition coefficient (Wildman–Crippen LogP) is 6.15. The van der Waals surface area contributed by atoms with Crippen molar-refractivity contribution in [1.29, 1.82) is 0 Å². The Kier molecular flexibility index (Phi) is 7.84. The molecule has 0 saturated carbocycles. The van der Waals surface area contributed by atoms with Crippen molar-refractivity contribution in [2.75, 3.05) is 0 Å². The van der Waals surface area contributed by atoms with Crippen molar-refractivity contribution in [3.63, 3.8) is 0 Å². The number of benzene rings is 2. The fourth-order valence-corrected chi connectivity index (χ4v) is 3.24. The molecule has 0 saturated heterocycles. The van der Waals surface area contributed by atoms with Gasteiger partial charge in [0.1, 0.15) is 11.5 Å². The number of hydrogen-bond donors (Lipinski definition) is 2. The summed E-state index contributed by atoms with van der Waals surface area (Å²) >= 11 is 0. The highest BCUT2D eigenvalue weighted by molar-refractivity contribution is 5.44. The van der Waals surface area contributed by atoms with Crippen molar-refractivity contribution in [3.05, 3.63) is 58.7 Å². The molecule has 0 spiro atoms. The molecule has 2 rings (SSSR count). The van der Waals surface area contributed by atoms with E-state index >= 15 is 0 Å². The first-order chi connectivity index (χ1) is 12.1. The van der Waals surface area contributed by atoms with E-state index in [1.807, 2.05) is 12.1 Å². The summed E-state index contributed by atoms with van der Waals surface area (Å²) in [6.07, 6.45) is 9.91. The van der Waals surface area contributed by atoms with E-state index < -0.39 is 0 Å². The van der Waals surface area contributed by atoms with Crippen LogP contribution in [0.1, 0.15) is 74.6 Å². The summed E-state index contributed by atoms with van der Waals surface area (Å²) in [6.45, 7) is 4.41. The van der Waals surface area contributed by atoms with Crippen LogP contribution in [-0.2, 0) is 19.3 Å². The summed E-state index contributed by atoms with van der Waals surface area (Å²) in [5, 5.41) is 20.4. The van der Waals surface area contributed by atoms with Gasteiger partial charge in [0, 0.05) is 6.42 Å². The van der Waals surface area contributed by atoms with Crippen LogP contribution in [0.3, 0.4) is 0 Å². The molecule has 0 amide bonds. The van der Waals surface area contributed by atoms with Crippen LogP contribution in [0.5, 0.6) is 11.5 Å². The Morgan fingerprint density at radius 2 is 1.08 bits per heavy atom. The number of aromatic hydroxyl groups is 2. The van der Waals surface area contributed by atoms with Crippen LogP contribution >= 0.6 is 0 Å². The molecule has 2 N–H and O–H groups in total. The molecule has 2 nitrogen and oxygen atoms in total. The Balaban J connectivity index is 2.12. The quantitative estimate of drug-likeness (QED) is 0.509. The summed E-state index contributed by atoms with van der Waals surface area (Å²) in [5.41, 5.74) is 4.32. The molecule has 2 aromatic carbocycles. The molecule has 0 unspecified atom stereocenters. The van der Waals surface area contributed by atoms with E-state index in [9.17, 15) is 10.2 Å². The minimum absolute atomic E-state index is 0.315. The third kappa shape index (κ3) is 6.12. The summed E-state index contributed by atoms with van der Waals surface area (Å²) in [7, 11) is 0. The third-order valence-electron chi connectivity index (χ3n) is 4.81. The van der Waals surface area contributed by atoms with Crippen LogP contribution < -0.4 is 0 Å². The fourth-order valence-electron chi connectivity index (χ4n) is 3.24. The summed E-state index contributed by atoms with van der Waals surface area (Å²) in [4.78, 5) is 0. The normalized spacial score (nSPS) is 11.0. The number of aryl methyl sites for hydroxylation is 2. The van der Waals surface area contributed by atoms with Crippen molar-refractivity contribution in [1.82, 2.24) is 0 Å². The van der Waals surface area contributed by atoms with Crippen LogP contribution in [0, 0.1) is 0 Å². The molecule has 0 aliphatic heterocycles. The molecule has 0 radical (unpaired) electrons. The molecule has 0 bridgehead atoms. The van der Waals surface area contributed by atoms with Gasteiger partial charge in [-0.25, -0.2) is 0 Å². The second-order valence-corrected chi connectivity index (χ2v) is 7.02. The smallest absolute Gasteiger partial charge is 0.119 e. The maximum Gasteiger partial charge on any atom is 0.119 e. The molecule has 0 fully saturated rings. The zero-order valence-electron chi connectivity index (χ0n) is 15.7. The Hall–Kier alpha value is -1.96. The molecular formula is C23H32O2. The highest BCUT2D eigenvalue weighted by Crippen LogP contribution is 2.28. The summed E-state index contributed by atoms with van der Waals surface area (Å²) in [5.74, 6) is 0.630. The van der Waals surface area contributed by atoms with E-state index in [-0.39, 0.29) is 0 Å². The van der Waals surface area contributed by atoms with Crippen LogP contribution in [0.2, 0.25) is 0 Å². The average Bonchev–Trinajstić information content (AvgIpc) is 2.61. The van der Waals surface area contributed by atoms with Crippen LogP contribution in [-0.4, -0.2) is 10.2 Å². The van der Waals surface area contributed by atoms with Crippen molar-refractivity contribution >= 4 is 0 Å². The number of unbranched alkanes of at least 4 members (excludes halogenated alkanes) is 4. The van der Waals surface area contributed by atoms with E-state index in [1.165, 1.54) is 49.7 Å². The number of phenolic OH excluding ortho intramolecular Hbond substituents is 2. The first-order valence-corrected chi connectivity index (χ1v) is 9.75. The molecule has 0 atom stereocenters. The fraction of sp³-hybridized carbons (Fsp3) is 0.478. The standard InChI is InChI=1S/C23H32O2/c1-3-5-7-9-18-11-13-22(24)20(15-18)17-21-16-19(10-8-6-4-2)12-14-23(21)25/h11-16,24-25H,3-10,17H2,1-2H3. The zero-order valence-corrected chi connectivity index (χ0v) is 15.7. The average molecular weight is 341 g/mol. The van der Waals surface area contributed by atoms with Crippen molar-refractivity contribution in [2.24, 2.45) is 0 Å². The van der Waals surface area contributed by atoms with Gasteiger partial charge in [0.2, 0.25) is 0 Å².